The molecule has 0 amide bonds. The second-order valence-corrected chi connectivity index (χ2v) is 4.56. The van der Waals surface area contributed by atoms with Gasteiger partial charge in [0.2, 0.25) is 11.6 Å². The molecule has 0 saturated heterocycles. The first-order chi connectivity index (χ1) is 9.10. The van der Waals surface area contributed by atoms with Gasteiger partial charge in [-0.05, 0) is 13.1 Å². The normalized spacial score (nSPS) is 15.1. The summed E-state index contributed by atoms with van der Waals surface area (Å²) in [5.41, 5.74) is 8.03. The molecule has 0 atom stereocenters. The van der Waals surface area contributed by atoms with E-state index in [1.165, 1.54) is 0 Å². The van der Waals surface area contributed by atoms with Crippen molar-refractivity contribution >= 4 is 17.3 Å². The highest BCUT2D eigenvalue weighted by molar-refractivity contribution is 6.52. The standard InChI is InChI=1S/C15H18N2O2/c1-3-17(4-2)9-12-13(16)10-7-5-6-8-11(10)14(18)15(12)19/h5-8H,3-4,9,16H2,1-2H3. The quantitative estimate of drug-likeness (QED) is 0.831. The topological polar surface area (TPSA) is 63.4 Å². The Morgan fingerprint density at radius 2 is 1.58 bits per heavy atom. The number of nitrogens with zero attached hydrogens (tertiary/aromatic N) is 1. The van der Waals surface area contributed by atoms with Gasteiger partial charge in [0.25, 0.3) is 0 Å². The molecule has 2 N–H and O–H groups in total. The minimum absolute atomic E-state index is 0.410. The Labute approximate surface area is 112 Å². The van der Waals surface area contributed by atoms with Gasteiger partial charge in [0.15, 0.2) is 0 Å². The number of fused-ring (bicyclic) bond motifs is 1. The SMILES string of the molecule is CCN(CC)CC1=C(N)c2ccccc2C(=O)C1=O. The van der Waals surface area contributed by atoms with Gasteiger partial charge < -0.3 is 5.73 Å². The van der Waals surface area contributed by atoms with Crippen LogP contribution in [0, 0.1) is 0 Å². The van der Waals surface area contributed by atoms with Crippen molar-refractivity contribution in [2.45, 2.75) is 13.8 Å². The summed E-state index contributed by atoms with van der Waals surface area (Å²) >= 11 is 0. The Morgan fingerprint density at radius 1 is 1.00 bits per heavy atom. The van der Waals surface area contributed by atoms with Crippen molar-refractivity contribution in [2.75, 3.05) is 19.6 Å². The van der Waals surface area contributed by atoms with Crippen molar-refractivity contribution in [2.24, 2.45) is 5.73 Å². The molecule has 0 aliphatic heterocycles. The maximum absolute atomic E-state index is 12.2. The van der Waals surface area contributed by atoms with E-state index in [1.807, 2.05) is 19.9 Å². The molecular formula is C15H18N2O2. The van der Waals surface area contributed by atoms with Gasteiger partial charge >= 0.3 is 0 Å². The highest BCUT2D eigenvalue weighted by Crippen LogP contribution is 2.26. The molecule has 0 fully saturated rings. The largest absolute Gasteiger partial charge is 0.398 e. The summed E-state index contributed by atoms with van der Waals surface area (Å²) in [7, 11) is 0. The van der Waals surface area contributed by atoms with Crippen molar-refractivity contribution < 1.29 is 9.59 Å². The molecule has 0 heterocycles. The molecule has 0 unspecified atom stereocenters. The highest BCUT2D eigenvalue weighted by atomic mass is 16.2. The third-order valence-electron chi connectivity index (χ3n) is 3.54. The fraction of sp³-hybridized carbons (Fsp3) is 0.333. The molecule has 0 bridgehead atoms. The number of hydrogen-bond acceptors (Lipinski definition) is 4. The number of carbonyl (C=O) groups excluding carboxylic acids is 2. The van der Waals surface area contributed by atoms with Gasteiger partial charge in [0.05, 0.1) is 0 Å². The maximum Gasteiger partial charge on any atom is 0.233 e. The van der Waals surface area contributed by atoms with Crippen molar-refractivity contribution in [3.63, 3.8) is 0 Å². The summed E-state index contributed by atoms with van der Waals surface area (Å²) in [4.78, 5) is 26.3. The van der Waals surface area contributed by atoms with Gasteiger partial charge in [0, 0.05) is 28.9 Å². The molecule has 100 valence electrons. The van der Waals surface area contributed by atoms with Crippen LogP contribution in [0.4, 0.5) is 0 Å². The van der Waals surface area contributed by atoms with Gasteiger partial charge in [-0.25, -0.2) is 0 Å². The zero-order valence-corrected chi connectivity index (χ0v) is 11.3. The molecule has 0 saturated carbocycles. The first-order valence-electron chi connectivity index (χ1n) is 6.49. The summed E-state index contributed by atoms with van der Waals surface area (Å²) in [6.07, 6.45) is 0. The average molecular weight is 258 g/mol. The number of Topliss-reactive ketones (excluding diaryl/α,β-unsaturated/α-hetero) is 2. The van der Waals surface area contributed by atoms with Crippen molar-refractivity contribution in [3.8, 4) is 0 Å². The van der Waals surface area contributed by atoms with E-state index in [0.29, 0.717) is 28.9 Å². The summed E-state index contributed by atoms with van der Waals surface area (Å²) in [5, 5.41) is 0. The molecule has 19 heavy (non-hydrogen) atoms. The fourth-order valence-electron chi connectivity index (χ4n) is 2.29. The Kier molecular flexibility index (Phi) is 3.81. The Morgan fingerprint density at radius 3 is 2.16 bits per heavy atom. The second-order valence-electron chi connectivity index (χ2n) is 4.56. The molecule has 2 rings (SSSR count). The molecule has 1 aromatic carbocycles. The van der Waals surface area contributed by atoms with Crippen LogP contribution in [0.15, 0.2) is 29.8 Å². The van der Waals surface area contributed by atoms with Crippen molar-refractivity contribution in [3.05, 3.63) is 41.0 Å². The minimum atomic E-state index is -0.469. The summed E-state index contributed by atoms with van der Waals surface area (Å²) < 4.78 is 0. The van der Waals surface area contributed by atoms with Crippen LogP contribution in [0.2, 0.25) is 0 Å². The lowest BCUT2D eigenvalue weighted by molar-refractivity contribution is -0.112. The molecule has 1 aliphatic rings. The van der Waals surface area contributed by atoms with E-state index in [0.717, 1.165) is 13.1 Å². The van der Waals surface area contributed by atoms with E-state index >= 15 is 0 Å². The molecule has 0 radical (unpaired) electrons. The average Bonchev–Trinajstić information content (AvgIpc) is 2.45. The lowest BCUT2D eigenvalue weighted by Crippen LogP contribution is -2.34. The number of likely N-dealkylation sites (N-methyl/N-ethyl adjacent to an activating group) is 1. The molecule has 0 aromatic heterocycles. The molecule has 1 aliphatic carbocycles. The van der Waals surface area contributed by atoms with Crippen molar-refractivity contribution in [1.82, 2.24) is 4.90 Å². The molecule has 0 spiro atoms. The number of nitrogens with two attached hydrogens (primary N) is 1. The first kappa shape index (κ1) is 13.5. The third kappa shape index (κ3) is 2.31. The van der Waals surface area contributed by atoms with Gasteiger partial charge in [0.1, 0.15) is 0 Å². The first-order valence-corrected chi connectivity index (χ1v) is 6.49. The second kappa shape index (κ2) is 5.36. The van der Waals surface area contributed by atoms with E-state index in [1.54, 1.807) is 18.2 Å². The van der Waals surface area contributed by atoms with Gasteiger partial charge in [-0.15, -0.1) is 0 Å². The zero-order valence-electron chi connectivity index (χ0n) is 11.3. The number of ketones is 2. The summed E-state index contributed by atoms with van der Waals surface area (Å²) in [6.45, 7) is 6.09. The predicted molar refractivity (Wildman–Crippen MR) is 74.7 cm³/mol. The summed E-state index contributed by atoms with van der Waals surface area (Å²) in [6, 6.07) is 7.00. The monoisotopic (exact) mass is 258 g/mol. The zero-order chi connectivity index (χ0) is 14.0. The number of hydrogen-bond donors (Lipinski definition) is 1. The molecular weight excluding hydrogens is 240 g/mol. The van der Waals surface area contributed by atoms with Crippen LogP contribution in [0.5, 0.6) is 0 Å². The van der Waals surface area contributed by atoms with Gasteiger partial charge in [-0.3, -0.25) is 14.5 Å². The van der Waals surface area contributed by atoms with E-state index in [-0.39, 0.29) is 0 Å². The Bertz CT molecular complexity index is 557. The smallest absolute Gasteiger partial charge is 0.233 e. The maximum atomic E-state index is 12.2. The molecule has 4 nitrogen and oxygen atoms in total. The minimum Gasteiger partial charge on any atom is -0.398 e. The van der Waals surface area contributed by atoms with Crippen LogP contribution in [-0.4, -0.2) is 36.1 Å². The van der Waals surface area contributed by atoms with E-state index < -0.39 is 11.6 Å². The molecule has 4 heteroatoms. The number of carbonyl (C=O) groups is 2. The highest BCUT2D eigenvalue weighted by Gasteiger charge is 2.31. The summed E-state index contributed by atoms with van der Waals surface area (Å²) in [5.74, 6) is -0.921. The van der Waals surface area contributed by atoms with Crippen LogP contribution < -0.4 is 5.73 Å². The van der Waals surface area contributed by atoms with E-state index in [2.05, 4.69) is 4.90 Å². The predicted octanol–water partition coefficient (Wildman–Crippen LogP) is 1.46. The van der Waals surface area contributed by atoms with Crippen LogP contribution in [0.25, 0.3) is 5.70 Å². The number of benzene rings is 1. The van der Waals surface area contributed by atoms with Gasteiger partial charge in [-0.1, -0.05) is 38.1 Å². The fourth-order valence-corrected chi connectivity index (χ4v) is 2.29. The molecule has 1 aromatic rings. The van der Waals surface area contributed by atoms with Crippen LogP contribution in [-0.2, 0) is 4.79 Å². The van der Waals surface area contributed by atoms with Crippen LogP contribution in [0.3, 0.4) is 0 Å². The van der Waals surface area contributed by atoms with Crippen LogP contribution in [0.1, 0.15) is 29.8 Å². The lowest BCUT2D eigenvalue weighted by Gasteiger charge is -2.24. The van der Waals surface area contributed by atoms with E-state index in [9.17, 15) is 9.59 Å². The lowest BCUT2D eigenvalue weighted by atomic mass is 9.87. The van der Waals surface area contributed by atoms with E-state index in [4.69, 9.17) is 5.73 Å². The Balaban J connectivity index is 2.48. The third-order valence-corrected chi connectivity index (χ3v) is 3.54. The Hall–Kier alpha value is -1.94. The number of rotatable bonds is 4. The van der Waals surface area contributed by atoms with Gasteiger partial charge in [-0.2, -0.15) is 0 Å². The van der Waals surface area contributed by atoms with Crippen molar-refractivity contribution in [1.29, 1.82) is 0 Å². The van der Waals surface area contributed by atoms with Crippen LogP contribution >= 0.6 is 0 Å².